The van der Waals surface area contributed by atoms with E-state index in [9.17, 15) is 0 Å². The summed E-state index contributed by atoms with van der Waals surface area (Å²) >= 11 is 0. The molecule has 33 heavy (non-hydrogen) atoms. The van der Waals surface area contributed by atoms with Gasteiger partial charge in [-0.2, -0.15) is 5.10 Å². The summed E-state index contributed by atoms with van der Waals surface area (Å²) in [7, 11) is 0. The van der Waals surface area contributed by atoms with Gasteiger partial charge in [0.1, 0.15) is 13.2 Å². The highest BCUT2D eigenvalue weighted by Gasteiger charge is 2.08. The van der Waals surface area contributed by atoms with Gasteiger partial charge in [0, 0.05) is 11.4 Å². The van der Waals surface area contributed by atoms with E-state index in [4.69, 9.17) is 9.47 Å². The van der Waals surface area contributed by atoms with E-state index in [1.165, 1.54) is 0 Å². The summed E-state index contributed by atoms with van der Waals surface area (Å²) in [4.78, 5) is 8.66. The zero-order valence-electron chi connectivity index (χ0n) is 18.7. The summed E-state index contributed by atoms with van der Waals surface area (Å²) in [5, 5.41) is 4.28. The van der Waals surface area contributed by atoms with Gasteiger partial charge in [0.2, 0.25) is 5.95 Å². The van der Waals surface area contributed by atoms with Crippen LogP contribution in [0.3, 0.4) is 0 Å². The van der Waals surface area contributed by atoms with Crippen molar-refractivity contribution in [2.45, 2.75) is 27.1 Å². The average Bonchev–Trinajstić information content (AvgIpc) is 2.83. The molecule has 0 spiro atoms. The third-order valence-electron chi connectivity index (χ3n) is 4.80. The largest absolute Gasteiger partial charge is 0.485 e. The Bertz CT molecular complexity index is 1190. The Labute approximate surface area is 194 Å². The van der Waals surface area contributed by atoms with Crippen molar-refractivity contribution in [1.29, 1.82) is 0 Å². The monoisotopic (exact) mass is 438 g/mol. The first kappa shape index (κ1) is 22.0. The molecule has 6 heteroatoms. The van der Waals surface area contributed by atoms with Crippen molar-refractivity contribution in [3.8, 4) is 11.5 Å². The lowest BCUT2D eigenvalue weighted by molar-refractivity contribution is 0.256. The maximum absolute atomic E-state index is 6.12. The Hall–Kier alpha value is -4.19. The molecule has 0 atom stereocenters. The van der Waals surface area contributed by atoms with E-state index in [1.807, 2.05) is 98.8 Å². The van der Waals surface area contributed by atoms with Gasteiger partial charge < -0.3 is 9.47 Å². The summed E-state index contributed by atoms with van der Waals surface area (Å²) in [5.74, 6) is 1.80. The maximum Gasteiger partial charge on any atom is 0.243 e. The SMILES string of the molecule is Cc1cc(C)nc(NN=Cc2ccc(OCc3ccccc3)c(OCc3ccccc3)c2)n1. The van der Waals surface area contributed by atoms with Gasteiger partial charge >= 0.3 is 0 Å². The molecule has 4 rings (SSSR count). The van der Waals surface area contributed by atoms with Gasteiger partial charge in [-0.25, -0.2) is 15.4 Å². The highest BCUT2D eigenvalue weighted by atomic mass is 16.5. The fourth-order valence-electron chi connectivity index (χ4n) is 3.25. The van der Waals surface area contributed by atoms with Crippen LogP contribution in [0.15, 0.2) is 90.0 Å². The molecule has 6 nitrogen and oxygen atoms in total. The number of anilines is 1. The second-order valence-corrected chi connectivity index (χ2v) is 7.60. The molecule has 4 aromatic rings. The molecular weight excluding hydrogens is 412 g/mol. The van der Waals surface area contributed by atoms with E-state index in [2.05, 4.69) is 20.5 Å². The van der Waals surface area contributed by atoms with Crippen LogP contribution in [-0.4, -0.2) is 16.2 Å². The van der Waals surface area contributed by atoms with Crippen LogP contribution in [0.5, 0.6) is 11.5 Å². The number of rotatable bonds is 9. The minimum atomic E-state index is 0.442. The molecule has 0 aliphatic rings. The van der Waals surface area contributed by atoms with Gasteiger partial charge in [-0.3, -0.25) is 0 Å². The van der Waals surface area contributed by atoms with Gasteiger partial charge in [0.05, 0.1) is 6.21 Å². The maximum atomic E-state index is 6.12. The molecule has 0 bridgehead atoms. The molecule has 0 unspecified atom stereocenters. The van der Waals surface area contributed by atoms with E-state index >= 15 is 0 Å². The number of nitrogens with zero attached hydrogens (tertiary/aromatic N) is 3. The molecule has 3 aromatic carbocycles. The number of ether oxygens (including phenoxy) is 2. The van der Waals surface area contributed by atoms with Crippen LogP contribution < -0.4 is 14.9 Å². The van der Waals surface area contributed by atoms with Gasteiger partial charge in [-0.1, -0.05) is 60.7 Å². The molecule has 0 aliphatic carbocycles. The smallest absolute Gasteiger partial charge is 0.243 e. The lowest BCUT2D eigenvalue weighted by atomic mass is 10.2. The Morgan fingerprint density at radius 1 is 0.727 bits per heavy atom. The molecule has 0 radical (unpaired) electrons. The number of aryl methyl sites for hydroxylation is 2. The Kier molecular flexibility index (Phi) is 7.28. The zero-order valence-corrected chi connectivity index (χ0v) is 18.7. The predicted octanol–water partition coefficient (Wildman–Crippen LogP) is 5.70. The zero-order chi connectivity index (χ0) is 22.9. The standard InChI is InChI=1S/C27H26N4O2/c1-20-15-21(2)30-27(29-20)31-28-17-24-13-14-25(32-18-22-9-5-3-6-10-22)26(16-24)33-19-23-11-7-4-8-12-23/h3-17H,18-19H2,1-2H3,(H,29,30,31). The topological polar surface area (TPSA) is 68.6 Å². The first-order valence-electron chi connectivity index (χ1n) is 10.7. The second kappa shape index (κ2) is 10.9. The van der Waals surface area contributed by atoms with Crippen LogP contribution in [-0.2, 0) is 13.2 Å². The molecule has 0 saturated carbocycles. The molecule has 0 saturated heterocycles. The number of hydrogen-bond donors (Lipinski definition) is 1. The average molecular weight is 439 g/mol. The Balaban J connectivity index is 1.49. The van der Waals surface area contributed by atoms with Crippen LogP contribution >= 0.6 is 0 Å². The number of benzene rings is 3. The van der Waals surface area contributed by atoms with Crippen molar-refractivity contribution in [1.82, 2.24) is 9.97 Å². The van der Waals surface area contributed by atoms with Crippen molar-refractivity contribution < 1.29 is 9.47 Å². The Morgan fingerprint density at radius 3 is 1.91 bits per heavy atom. The number of hydrazone groups is 1. The molecule has 0 aliphatic heterocycles. The number of hydrogen-bond acceptors (Lipinski definition) is 6. The van der Waals surface area contributed by atoms with Gasteiger partial charge in [0.15, 0.2) is 11.5 Å². The van der Waals surface area contributed by atoms with E-state index < -0.39 is 0 Å². The van der Waals surface area contributed by atoms with Crippen LogP contribution in [0, 0.1) is 13.8 Å². The highest BCUT2D eigenvalue weighted by molar-refractivity contribution is 5.81. The minimum Gasteiger partial charge on any atom is -0.485 e. The first-order valence-corrected chi connectivity index (χ1v) is 10.7. The van der Waals surface area contributed by atoms with E-state index in [1.54, 1.807) is 6.21 Å². The quantitative estimate of drug-likeness (QED) is 0.268. The van der Waals surface area contributed by atoms with Crippen molar-refractivity contribution in [3.63, 3.8) is 0 Å². The molecule has 166 valence electrons. The molecule has 0 amide bonds. The van der Waals surface area contributed by atoms with E-state index in [-0.39, 0.29) is 0 Å². The number of aromatic nitrogens is 2. The summed E-state index contributed by atoms with van der Waals surface area (Å²) in [6.07, 6.45) is 1.71. The van der Waals surface area contributed by atoms with Gasteiger partial charge in [-0.15, -0.1) is 0 Å². The minimum absolute atomic E-state index is 0.442. The van der Waals surface area contributed by atoms with E-state index in [0.29, 0.717) is 30.7 Å². The fourth-order valence-corrected chi connectivity index (χ4v) is 3.25. The molecule has 0 fully saturated rings. The van der Waals surface area contributed by atoms with Crippen LogP contribution in [0.4, 0.5) is 5.95 Å². The highest BCUT2D eigenvalue weighted by Crippen LogP contribution is 2.29. The van der Waals surface area contributed by atoms with Crippen molar-refractivity contribution in [3.05, 3.63) is 113 Å². The summed E-state index contributed by atoms with van der Waals surface area (Å²) in [6, 6.07) is 27.8. The summed E-state index contributed by atoms with van der Waals surface area (Å²) in [5.41, 5.74) is 7.70. The van der Waals surface area contributed by atoms with Crippen LogP contribution in [0.1, 0.15) is 28.1 Å². The van der Waals surface area contributed by atoms with Crippen molar-refractivity contribution in [2.24, 2.45) is 5.10 Å². The van der Waals surface area contributed by atoms with Crippen molar-refractivity contribution >= 4 is 12.2 Å². The fraction of sp³-hybridized carbons (Fsp3) is 0.148. The molecular formula is C27H26N4O2. The first-order chi connectivity index (χ1) is 16.2. The Morgan fingerprint density at radius 2 is 1.30 bits per heavy atom. The lowest BCUT2D eigenvalue weighted by Gasteiger charge is -2.14. The van der Waals surface area contributed by atoms with Crippen LogP contribution in [0.25, 0.3) is 0 Å². The third kappa shape index (κ3) is 6.64. The second-order valence-electron chi connectivity index (χ2n) is 7.60. The summed E-state index contributed by atoms with van der Waals surface area (Å²) in [6.45, 7) is 4.75. The molecule has 1 heterocycles. The van der Waals surface area contributed by atoms with Crippen molar-refractivity contribution in [2.75, 3.05) is 5.43 Å². The molecule has 1 aromatic heterocycles. The van der Waals surface area contributed by atoms with E-state index in [0.717, 1.165) is 28.1 Å². The predicted molar refractivity (Wildman–Crippen MR) is 131 cm³/mol. The van der Waals surface area contributed by atoms with Crippen LogP contribution in [0.2, 0.25) is 0 Å². The summed E-state index contributed by atoms with van der Waals surface area (Å²) < 4.78 is 12.2. The molecule has 1 N–H and O–H groups in total. The lowest BCUT2D eigenvalue weighted by Crippen LogP contribution is -2.02. The number of nitrogens with one attached hydrogen (secondary N) is 1. The normalized spacial score (nSPS) is 10.8. The van der Waals surface area contributed by atoms with Gasteiger partial charge in [-0.05, 0) is 54.8 Å². The third-order valence-corrected chi connectivity index (χ3v) is 4.80. The van der Waals surface area contributed by atoms with Gasteiger partial charge in [0.25, 0.3) is 0 Å².